The van der Waals surface area contributed by atoms with Gasteiger partial charge in [-0.2, -0.15) is 0 Å². The fraction of sp³-hybridized carbons (Fsp3) is 0.625. The van der Waals surface area contributed by atoms with Crippen molar-refractivity contribution in [2.75, 3.05) is 31.1 Å². The number of para-hydroxylation sites is 2. The second-order valence-corrected chi connectivity index (χ2v) is 5.28. The molecule has 3 nitrogen and oxygen atoms in total. The highest BCUT2D eigenvalue weighted by molar-refractivity contribution is 5.58. The molecule has 1 saturated heterocycles. The first-order chi connectivity index (χ1) is 9.31. The van der Waals surface area contributed by atoms with Gasteiger partial charge in [0.05, 0.1) is 11.8 Å². The summed E-state index contributed by atoms with van der Waals surface area (Å²) in [5.74, 6) is 1.03. The molecule has 1 unspecified atom stereocenters. The van der Waals surface area contributed by atoms with Crippen molar-refractivity contribution in [2.24, 2.45) is 0 Å². The largest absolute Gasteiger partial charge is 0.489 e. The molecule has 1 atom stereocenters. The van der Waals surface area contributed by atoms with Crippen molar-refractivity contribution >= 4 is 5.69 Å². The third-order valence-electron chi connectivity index (χ3n) is 3.57. The van der Waals surface area contributed by atoms with E-state index in [1.165, 1.54) is 12.1 Å². The fourth-order valence-electron chi connectivity index (χ4n) is 2.59. The molecule has 19 heavy (non-hydrogen) atoms. The van der Waals surface area contributed by atoms with E-state index in [0.717, 1.165) is 44.8 Å². The van der Waals surface area contributed by atoms with Crippen LogP contribution in [0.15, 0.2) is 24.3 Å². The van der Waals surface area contributed by atoms with Crippen molar-refractivity contribution in [1.82, 2.24) is 5.32 Å². The molecule has 2 rings (SSSR count). The molecule has 0 saturated carbocycles. The Kier molecular flexibility index (Phi) is 5.52. The molecule has 0 aromatic heterocycles. The number of nitrogens with one attached hydrogen (secondary N) is 1. The predicted octanol–water partition coefficient (Wildman–Crippen LogP) is 3.05. The summed E-state index contributed by atoms with van der Waals surface area (Å²) in [6.07, 6.45) is 3.75. The van der Waals surface area contributed by atoms with E-state index in [9.17, 15) is 0 Å². The molecular weight excluding hydrogens is 236 g/mol. The Labute approximate surface area is 116 Å². The normalized spacial score (nSPS) is 17.9. The van der Waals surface area contributed by atoms with Gasteiger partial charge in [0.2, 0.25) is 0 Å². The van der Waals surface area contributed by atoms with Gasteiger partial charge >= 0.3 is 0 Å². The maximum absolute atomic E-state index is 6.12. The highest BCUT2D eigenvalue weighted by Crippen LogP contribution is 2.29. The van der Waals surface area contributed by atoms with Crippen LogP contribution in [0, 0.1) is 0 Å². The summed E-state index contributed by atoms with van der Waals surface area (Å²) in [7, 11) is 0. The molecule has 106 valence electrons. The van der Waals surface area contributed by atoms with Crippen LogP contribution in [0.1, 0.15) is 33.1 Å². The number of hydrogen-bond acceptors (Lipinski definition) is 3. The average molecular weight is 262 g/mol. The SMILES string of the molecule is CCCC(C)Oc1ccccc1N1CCCNCC1. The van der Waals surface area contributed by atoms with Crippen LogP contribution in [-0.4, -0.2) is 32.3 Å². The molecule has 0 radical (unpaired) electrons. The van der Waals surface area contributed by atoms with Crippen molar-refractivity contribution in [3.63, 3.8) is 0 Å². The maximum Gasteiger partial charge on any atom is 0.142 e. The Morgan fingerprint density at radius 2 is 2.11 bits per heavy atom. The van der Waals surface area contributed by atoms with Crippen LogP contribution in [0.2, 0.25) is 0 Å². The van der Waals surface area contributed by atoms with Crippen molar-refractivity contribution in [2.45, 2.75) is 39.2 Å². The molecule has 1 fully saturated rings. The number of anilines is 1. The lowest BCUT2D eigenvalue weighted by molar-refractivity contribution is 0.210. The van der Waals surface area contributed by atoms with Crippen LogP contribution in [-0.2, 0) is 0 Å². The summed E-state index contributed by atoms with van der Waals surface area (Å²) in [6, 6.07) is 8.44. The summed E-state index contributed by atoms with van der Waals surface area (Å²) in [6.45, 7) is 8.69. The summed E-state index contributed by atoms with van der Waals surface area (Å²) in [4.78, 5) is 2.44. The molecule has 0 bridgehead atoms. The molecule has 0 spiro atoms. The third-order valence-corrected chi connectivity index (χ3v) is 3.57. The van der Waals surface area contributed by atoms with Gasteiger partial charge in [-0.1, -0.05) is 25.5 Å². The standard InChI is InChI=1S/C16H26N2O/c1-3-7-14(2)19-16-9-5-4-8-15(16)18-12-6-10-17-11-13-18/h4-5,8-9,14,17H,3,6-7,10-13H2,1-2H3. The lowest BCUT2D eigenvalue weighted by Crippen LogP contribution is -2.28. The molecule has 1 aliphatic heterocycles. The average Bonchev–Trinajstić information content (AvgIpc) is 2.68. The Morgan fingerprint density at radius 3 is 2.95 bits per heavy atom. The fourth-order valence-corrected chi connectivity index (χ4v) is 2.59. The van der Waals surface area contributed by atoms with E-state index in [1.807, 2.05) is 0 Å². The Hall–Kier alpha value is -1.22. The number of nitrogens with zero attached hydrogens (tertiary/aromatic N) is 1. The van der Waals surface area contributed by atoms with Crippen molar-refractivity contribution in [1.29, 1.82) is 0 Å². The van der Waals surface area contributed by atoms with E-state index in [1.54, 1.807) is 0 Å². The highest BCUT2D eigenvalue weighted by Gasteiger charge is 2.15. The maximum atomic E-state index is 6.12. The zero-order chi connectivity index (χ0) is 13.5. The number of rotatable bonds is 5. The number of ether oxygens (including phenoxy) is 1. The third kappa shape index (κ3) is 4.13. The summed E-state index contributed by atoms with van der Waals surface area (Å²) < 4.78 is 6.12. The Bertz CT molecular complexity index is 373. The van der Waals surface area contributed by atoms with Gasteiger partial charge in [-0.25, -0.2) is 0 Å². The summed E-state index contributed by atoms with van der Waals surface area (Å²) >= 11 is 0. The van der Waals surface area contributed by atoms with E-state index in [0.29, 0.717) is 0 Å². The molecule has 3 heteroatoms. The molecular formula is C16H26N2O. The molecule has 1 aromatic carbocycles. The second kappa shape index (κ2) is 7.39. The van der Waals surface area contributed by atoms with Crippen molar-refractivity contribution < 1.29 is 4.74 Å². The second-order valence-electron chi connectivity index (χ2n) is 5.28. The molecule has 1 aromatic rings. The number of hydrogen-bond donors (Lipinski definition) is 1. The van der Waals surface area contributed by atoms with E-state index in [2.05, 4.69) is 48.3 Å². The topological polar surface area (TPSA) is 24.5 Å². The minimum Gasteiger partial charge on any atom is -0.489 e. The molecule has 1 N–H and O–H groups in total. The van der Waals surface area contributed by atoms with Gasteiger partial charge in [0.15, 0.2) is 0 Å². The predicted molar refractivity (Wildman–Crippen MR) is 81.1 cm³/mol. The van der Waals surface area contributed by atoms with Gasteiger partial charge in [0.1, 0.15) is 5.75 Å². The quantitative estimate of drug-likeness (QED) is 0.882. The zero-order valence-corrected chi connectivity index (χ0v) is 12.2. The van der Waals surface area contributed by atoms with Crippen LogP contribution in [0.5, 0.6) is 5.75 Å². The van der Waals surface area contributed by atoms with Gasteiger partial charge in [0.25, 0.3) is 0 Å². The Balaban J connectivity index is 2.10. The van der Waals surface area contributed by atoms with Gasteiger partial charge in [0, 0.05) is 19.6 Å². The van der Waals surface area contributed by atoms with E-state index < -0.39 is 0 Å². The van der Waals surface area contributed by atoms with E-state index in [4.69, 9.17) is 4.74 Å². The van der Waals surface area contributed by atoms with Gasteiger partial charge in [-0.05, 0) is 38.4 Å². The van der Waals surface area contributed by atoms with Crippen LogP contribution < -0.4 is 15.0 Å². The monoisotopic (exact) mass is 262 g/mol. The van der Waals surface area contributed by atoms with E-state index in [-0.39, 0.29) is 6.10 Å². The minimum absolute atomic E-state index is 0.288. The van der Waals surface area contributed by atoms with Gasteiger partial charge in [-0.15, -0.1) is 0 Å². The lowest BCUT2D eigenvalue weighted by Gasteiger charge is -2.26. The van der Waals surface area contributed by atoms with Crippen LogP contribution in [0.3, 0.4) is 0 Å². The summed E-state index contributed by atoms with van der Waals surface area (Å²) in [5, 5.41) is 3.45. The first-order valence-electron chi connectivity index (χ1n) is 7.52. The minimum atomic E-state index is 0.288. The zero-order valence-electron chi connectivity index (χ0n) is 12.2. The van der Waals surface area contributed by atoms with E-state index >= 15 is 0 Å². The number of benzene rings is 1. The smallest absolute Gasteiger partial charge is 0.142 e. The Morgan fingerprint density at radius 1 is 1.26 bits per heavy atom. The van der Waals surface area contributed by atoms with Crippen LogP contribution >= 0.6 is 0 Å². The van der Waals surface area contributed by atoms with Crippen LogP contribution in [0.4, 0.5) is 5.69 Å². The first-order valence-corrected chi connectivity index (χ1v) is 7.52. The summed E-state index contributed by atoms with van der Waals surface area (Å²) in [5.41, 5.74) is 1.24. The molecule has 1 aliphatic rings. The van der Waals surface area contributed by atoms with Crippen molar-refractivity contribution in [3.8, 4) is 5.75 Å². The lowest BCUT2D eigenvalue weighted by atomic mass is 10.2. The highest BCUT2D eigenvalue weighted by atomic mass is 16.5. The molecule has 1 heterocycles. The molecule has 0 aliphatic carbocycles. The van der Waals surface area contributed by atoms with Crippen molar-refractivity contribution in [3.05, 3.63) is 24.3 Å². The molecule has 0 amide bonds. The van der Waals surface area contributed by atoms with Gasteiger partial charge in [-0.3, -0.25) is 0 Å². The first kappa shape index (κ1) is 14.2. The van der Waals surface area contributed by atoms with Gasteiger partial charge < -0.3 is 15.0 Å². The van der Waals surface area contributed by atoms with Crippen LogP contribution in [0.25, 0.3) is 0 Å².